The van der Waals surface area contributed by atoms with Crippen LogP contribution in [0.5, 0.6) is 0 Å². The van der Waals surface area contributed by atoms with Crippen molar-refractivity contribution in [2.24, 2.45) is 4.99 Å². The van der Waals surface area contributed by atoms with E-state index in [-0.39, 0.29) is 0 Å². The largest absolute Gasteiger partial charge is 0.360 e. The van der Waals surface area contributed by atoms with Crippen LogP contribution in [0.1, 0.15) is 23.7 Å². The number of fused-ring (bicyclic) bond motifs is 4. The fourth-order valence-electron chi connectivity index (χ4n) is 4.32. The Morgan fingerprint density at radius 2 is 1.39 bits per heavy atom. The van der Waals surface area contributed by atoms with Crippen LogP contribution in [-0.2, 0) is 0 Å². The van der Waals surface area contributed by atoms with E-state index >= 15 is 0 Å². The zero-order valence-corrected chi connectivity index (χ0v) is 15.5. The van der Waals surface area contributed by atoms with Crippen LogP contribution in [0.25, 0.3) is 43.6 Å². The number of aromatic amines is 1. The van der Waals surface area contributed by atoms with Crippen LogP contribution >= 0.6 is 0 Å². The van der Waals surface area contributed by atoms with Gasteiger partial charge in [0.2, 0.25) is 0 Å². The lowest BCUT2D eigenvalue weighted by Gasteiger charge is -2.08. The van der Waals surface area contributed by atoms with Gasteiger partial charge in [-0.2, -0.15) is 0 Å². The molecule has 0 saturated carbocycles. The zero-order valence-electron chi connectivity index (χ0n) is 15.5. The molecule has 0 spiro atoms. The minimum absolute atomic E-state index is 1.05. The minimum atomic E-state index is 1.05. The van der Waals surface area contributed by atoms with E-state index in [0.29, 0.717) is 0 Å². The van der Waals surface area contributed by atoms with Crippen LogP contribution in [0.4, 0.5) is 0 Å². The molecule has 2 heteroatoms. The van der Waals surface area contributed by atoms with Crippen molar-refractivity contribution >= 4 is 49.8 Å². The van der Waals surface area contributed by atoms with Gasteiger partial charge in [-0.3, -0.25) is 4.99 Å². The Kier molecular flexibility index (Phi) is 3.12. The second kappa shape index (κ2) is 5.67. The third-order valence-corrected chi connectivity index (χ3v) is 5.80. The van der Waals surface area contributed by atoms with E-state index in [1.165, 1.54) is 49.0 Å². The molecule has 0 saturated heterocycles. The van der Waals surface area contributed by atoms with Gasteiger partial charge >= 0.3 is 0 Å². The quantitative estimate of drug-likeness (QED) is 0.341. The monoisotopic (exact) mass is 358 g/mol. The maximum atomic E-state index is 4.79. The van der Waals surface area contributed by atoms with Gasteiger partial charge in [0, 0.05) is 34.3 Å². The van der Waals surface area contributed by atoms with Crippen molar-refractivity contribution < 1.29 is 0 Å². The van der Waals surface area contributed by atoms with Crippen molar-refractivity contribution in [3.63, 3.8) is 0 Å². The van der Waals surface area contributed by atoms with Crippen LogP contribution in [0.15, 0.2) is 84.0 Å². The Bertz CT molecular complexity index is 1460. The number of benzene rings is 4. The highest BCUT2D eigenvalue weighted by Gasteiger charge is 2.18. The smallest absolute Gasteiger partial charge is 0.0759 e. The van der Waals surface area contributed by atoms with Crippen LogP contribution in [0, 0.1) is 0 Å². The Hall–Kier alpha value is -3.65. The first-order valence-electron chi connectivity index (χ1n) is 9.56. The highest BCUT2D eigenvalue weighted by Crippen LogP contribution is 2.37. The van der Waals surface area contributed by atoms with Crippen LogP contribution in [0.2, 0.25) is 0 Å². The van der Waals surface area contributed by atoms with Crippen molar-refractivity contribution in [1.82, 2.24) is 4.98 Å². The van der Waals surface area contributed by atoms with Crippen molar-refractivity contribution in [2.45, 2.75) is 6.92 Å². The summed E-state index contributed by atoms with van der Waals surface area (Å²) in [5, 5.41) is 7.50. The van der Waals surface area contributed by atoms with Crippen LogP contribution < -0.4 is 0 Å². The first-order valence-corrected chi connectivity index (χ1v) is 9.56. The highest BCUT2D eigenvalue weighted by molar-refractivity contribution is 6.11. The van der Waals surface area contributed by atoms with Crippen molar-refractivity contribution in [2.75, 3.05) is 0 Å². The van der Waals surface area contributed by atoms with Gasteiger partial charge in [0.15, 0.2) is 0 Å². The van der Waals surface area contributed by atoms with Gasteiger partial charge in [0.05, 0.1) is 11.4 Å². The first-order chi connectivity index (χ1) is 13.8. The second-order valence-corrected chi connectivity index (χ2v) is 7.47. The zero-order chi connectivity index (χ0) is 18.7. The molecule has 0 bridgehead atoms. The molecule has 0 aliphatic carbocycles. The maximum absolute atomic E-state index is 4.79. The molecular weight excluding hydrogens is 340 g/mol. The number of nitrogens with zero attached hydrogens (tertiary/aromatic N) is 1. The second-order valence-electron chi connectivity index (χ2n) is 7.47. The molecular formula is C26H18N2. The standard InChI is InChI=1S/C26H18N2/c1-16(25-23-12-19-8-4-2-6-17(19)10-21(23)14-27-25)26-24-13-20-9-5-3-7-18(20)11-22(24)15-28-26/h2-15,27H,1H3. The first kappa shape index (κ1) is 15.4. The molecule has 5 aromatic rings. The van der Waals surface area contributed by atoms with Gasteiger partial charge in [-0.05, 0) is 58.3 Å². The van der Waals surface area contributed by atoms with Gasteiger partial charge in [0.1, 0.15) is 0 Å². The van der Waals surface area contributed by atoms with E-state index in [9.17, 15) is 0 Å². The summed E-state index contributed by atoms with van der Waals surface area (Å²) in [5.41, 5.74) is 5.77. The normalized spacial score (nSPS) is 14.9. The Morgan fingerprint density at radius 1 is 0.750 bits per heavy atom. The lowest BCUT2D eigenvalue weighted by Crippen LogP contribution is -1.89. The molecule has 0 fully saturated rings. The summed E-state index contributed by atoms with van der Waals surface area (Å²) in [6.45, 7) is 2.16. The highest BCUT2D eigenvalue weighted by atomic mass is 14.8. The van der Waals surface area contributed by atoms with E-state index < -0.39 is 0 Å². The average Bonchev–Trinajstić information content (AvgIpc) is 3.33. The summed E-state index contributed by atoms with van der Waals surface area (Å²) in [6, 6.07) is 26.0. The van der Waals surface area contributed by atoms with E-state index in [0.717, 1.165) is 11.4 Å². The molecule has 132 valence electrons. The molecule has 0 amide bonds. The van der Waals surface area contributed by atoms with Crippen molar-refractivity contribution in [3.8, 4) is 0 Å². The molecule has 1 N–H and O–H groups in total. The number of hydrogen-bond acceptors (Lipinski definition) is 1. The third kappa shape index (κ3) is 2.18. The third-order valence-electron chi connectivity index (χ3n) is 5.80. The topological polar surface area (TPSA) is 28.1 Å². The predicted molar refractivity (Wildman–Crippen MR) is 120 cm³/mol. The lowest BCUT2D eigenvalue weighted by molar-refractivity contribution is 1.35. The fourth-order valence-corrected chi connectivity index (χ4v) is 4.32. The molecule has 4 aromatic carbocycles. The summed E-state index contributed by atoms with van der Waals surface area (Å²) in [7, 11) is 0. The molecule has 0 unspecified atom stereocenters. The number of H-pyrrole nitrogens is 1. The number of rotatable bonds is 1. The number of aromatic nitrogens is 1. The van der Waals surface area contributed by atoms with Crippen LogP contribution in [0.3, 0.4) is 0 Å². The van der Waals surface area contributed by atoms with E-state index in [2.05, 4.69) is 90.9 Å². The summed E-state index contributed by atoms with van der Waals surface area (Å²) in [5.74, 6) is 0. The summed E-state index contributed by atoms with van der Waals surface area (Å²) >= 11 is 0. The van der Waals surface area contributed by atoms with E-state index in [1.54, 1.807) is 0 Å². The van der Waals surface area contributed by atoms with Crippen LogP contribution in [-0.4, -0.2) is 11.2 Å². The minimum Gasteiger partial charge on any atom is -0.360 e. The van der Waals surface area contributed by atoms with E-state index in [4.69, 9.17) is 4.99 Å². The van der Waals surface area contributed by atoms with Gasteiger partial charge in [0.25, 0.3) is 0 Å². The molecule has 0 atom stereocenters. The Labute approximate surface area is 162 Å². The predicted octanol–water partition coefficient (Wildman–Crippen LogP) is 6.80. The van der Waals surface area contributed by atoms with Gasteiger partial charge < -0.3 is 4.98 Å². The molecule has 1 aliphatic heterocycles. The van der Waals surface area contributed by atoms with Crippen molar-refractivity contribution in [3.05, 3.63) is 95.8 Å². The summed E-state index contributed by atoms with van der Waals surface area (Å²) < 4.78 is 0. The van der Waals surface area contributed by atoms with Crippen molar-refractivity contribution in [1.29, 1.82) is 0 Å². The number of hydrogen-bond donors (Lipinski definition) is 1. The Morgan fingerprint density at radius 3 is 2.14 bits per heavy atom. The molecule has 0 radical (unpaired) electrons. The lowest BCUT2D eigenvalue weighted by atomic mass is 9.97. The average molecular weight is 358 g/mol. The summed E-state index contributed by atoms with van der Waals surface area (Å²) in [4.78, 5) is 8.29. The SMILES string of the molecule is CC(=C1N=Cc2cc3ccccc3cc21)c1[nH]cc2cc3ccccc3cc12. The molecule has 1 aliphatic rings. The molecule has 2 heterocycles. The van der Waals surface area contributed by atoms with Gasteiger partial charge in [-0.25, -0.2) is 0 Å². The number of nitrogens with one attached hydrogen (secondary N) is 1. The number of allylic oxidation sites excluding steroid dienone is 1. The van der Waals surface area contributed by atoms with Gasteiger partial charge in [-0.1, -0.05) is 48.5 Å². The van der Waals surface area contributed by atoms with E-state index in [1.807, 2.05) is 6.21 Å². The Balaban J connectivity index is 1.58. The molecule has 28 heavy (non-hydrogen) atoms. The fraction of sp³-hybridized carbons (Fsp3) is 0.0385. The molecule has 6 rings (SSSR count). The van der Waals surface area contributed by atoms with Gasteiger partial charge in [-0.15, -0.1) is 0 Å². The molecule has 2 nitrogen and oxygen atoms in total. The molecule has 1 aromatic heterocycles. The number of aliphatic imine (C=N–C) groups is 1. The maximum Gasteiger partial charge on any atom is 0.0759 e. The summed E-state index contributed by atoms with van der Waals surface area (Å²) in [6.07, 6.45) is 4.09.